The van der Waals surface area contributed by atoms with Gasteiger partial charge >= 0.3 is 6.18 Å². The number of halogens is 3. The molecule has 1 aromatic heterocycles. The Bertz CT molecular complexity index is 461. The summed E-state index contributed by atoms with van der Waals surface area (Å²) >= 11 is 0. The molecule has 2 heterocycles. The summed E-state index contributed by atoms with van der Waals surface area (Å²) in [6, 6.07) is 0.0911. The maximum Gasteiger partial charge on any atom is 0.401 e. The molecular weight excluding hydrogens is 285 g/mol. The summed E-state index contributed by atoms with van der Waals surface area (Å²) in [4.78, 5) is 7.72. The van der Waals surface area contributed by atoms with Crippen molar-refractivity contribution in [1.29, 1.82) is 0 Å². The third-order valence-electron chi connectivity index (χ3n) is 3.64. The van der Waals surface area contributed by atoms with Crippen molar-refractivity contribution >= 4 is 0 Å². The highest BCUT2D eigenvalue weighted by molar-refractivity contribution is 4.92. The lowest BCUT2D eigenvalue weighted by Gasteiger charge is -2.23. The van der Waals surface area contributed by atoms with Crippen LogP contribution in [0.5, 0.6) is 0 Å². The van der Waals surface area contributed by atoms with Crippen LogP contribution in [0, 0.1) is 0 Å². The van der Waals surface area contributed by atoms with E-state index in [1.165, 1.54) is 4.90 Å². The molecule has 0 N–H and O–H groups in total. The standard InChI is InChI=1S/C13H21F3N4O/c1-9(2)12-17-11(18-21-12)7-19(3)10-4-5-20(6-10)8-13(14,15)16/h9-10H,4-8H2,1-3H3/t10-/m0/s1. The Balaban J connectivity index is 1.85. The average Bonchev–Trinajstić information content (AvgIpc) is 2.96. The minimum absolute atomic E-state index is 0.0911. The third kappa shape index (κ3) is 4.67. The zero-order chi connectivity index (χ0) is 15.6. The van der Waals surface area contributed by atoms with Gasteiger partial charge in [-0.2, -0.15) is 18.2 Å². The molecular formula is C13H21F3N4O. The van der Waals surface area contributed by atoms with Crippen molar-refractivity contribution in [1.82, 2.24) is 19.9 Å². The molecule has 0 bridgehead atoms. The summed E-state index contributed by atoms with van der Waals surface area (Å²) in [5.41, 5.74) is 0. The van der Waals surface area contributed by atoms with Crippen LogP contribution in [0.4, 0.5) is 13.2 Å². The van der Waals surface area contributed by atoms with Crippen molar-refractivity contribution in [2.24, 2.45) is 0 Å². The predicted molar refractivity (Wildman–Crippen MR) is 70.8 cm³/mol. The summed E-state index contributed by atoms with van der Waals surface area (Å²) in [6.45, 7) is 4.47. The second-order valence-electron chi connectivity index (χ2n) is 5.91. The van der Waals surface area contributed by atoms with E-state index >= 15 is 0 Å². The fourth-order valence-electron chi connectivity index (χ4n) is 2.49. The van der Waals surface area contributed by atoms with Crippen LogP contribution < -0.4 is 0 Å². The van der Waals surface area contributed by atoms with Crippen LogP contribution in [-0.4, -0.2) is 58.8 Å². The van der Waals surface area contributed by atoms with Gasteiger partial charge < -0.3 is 4.52 Å². The molecule has 0 spiro atoms. The van der Waals surface area contributed by atoms with Gasteiger partial charge in [0.15, 0.2) is 5.82 Å². The van der Waals surface area contributed by atoms with E-state index in [-0.39, 0.29) is 12.0 Å². The average molecular weight is 306 g/mol. The molecule has 0 radical (unpaired) electrons. The molecule has 0 aliphatic carbocycles. The van der Waals surface area contributed by atoms with Gasteiger partial charge in [-0.3, -0.25) is 9.80 Å². The monoisotopic (exact) mass is 306 g/mol. The van der Waals surface area contributed by atoms with E-state index in [4.69, 9.17) is 4.52 Å². The first-order valence-corrected chi connectivity index (χ1v) is 7.06. The lowest BCUT2D eigenvalue weighted by atomic mass is 10.2. The normalized spacial score (nSPS) is 20.9. The summed E-state index contributed by atoms with van der Waals surface area (Å²) in [6.07, 6.45) is -3.41. The minimum atomic E-state index is -4.13. The lowest BCUT2D eigenvalue weighted by molar-refractivity contribution is -0.143. The topological polar surface area (TPSA) is 45.4 Å². The van der Waals surface area contributed by atoms with E-state index in [1.54, 1.807) is 0 Å². The largest absolute Gasteiger partial charge is 0.401 e. The van der Waals surface area contributed by atoms with Crippen LogP contribution in [0.25, 0.3) is 0 Å². The van der Waals surface area contributed by atoms with Crippen molar-refractivity contribution in [3.63, 3.8) is 0 Å². The Morgan fingerprint density at radius 1 is 1.43 bits per heavy atom. The van der Waals surface area contributed by atoms with E-state index in [0.29, 0.717) is 31.3 Å². The molecule has 2 rings (SSSR count). The number of aromatic nitrogens is 2. The van der Waals surface area contributed by atoms with Crippen molar-refractivity contribution in [3.8, 4) is 0 Å². The summed E-state index contributed by atoms with van der Waals surface area (Å²) in [5.74, 6) is 1.34. The molecule has 1 aliphatic rings. The van der Waals surface area contributed by atoms with E-state index in [2.05, 4.69) is 10.1 Å². The second kappa shape index (κ2) is 6.31. The highest BCUT2D eigenvalue weighted by Gasteiger charge is 2.35. The molecule has 0 unspecified atom stereocenters. The molecule has 8 heteroatoms. The van der Waals surface area contributed by atoms with Gasteiger partial charge in [0.25, 0.3) is 0 Å². The molecule has 1 saturated heterocycles. The minimum Gasteiger partial charge on any atom is -0.339 e. The third-order valence-corrected chi connectivity index (χ3v) is 3.64. The number of hydrogen-bond acceptors (Lipinski definition) is 5. The van der Waals surface area contributed by atoms with E-state index in [0.717, 1.165) is 6.42 Å². The first kappa shape index (κ1) is 16.2. The Morgan fingerprint density at radius 3 is 2.71 bits per heavy atom. The van der Waals surface area contributed by atoms with Crippen molar-refractivity contribution in [3.05, 3.63) is 11.7 Å². The fraction of sp³-hybridized carbons (Fsp3) is 0.846. The van der Waals surface area contributed by atoms with Gasteiger partial charge in [0.05, 0.1) is 13.1 Å². The zero-order valence-electron chi connectivity index (χ0n) is 12.5. The maximum atomic E-state index is 12.4. The first-order valence-electron chi connectivity index (χ1n) is 7.06. The Kier molecular flexibility index (Phi) is 4.88. The first-order chi connectivity index (χ1) is 9.74. The van der Waals surface area contributed by atoms with Crippen molar-refractivity contribution < 1.29 is 17.7 Å². The predicted octanol–water partition coefficient (Wildman–Crippen LogP) is 2.26. The summed E-state index contributed by atoms with van der Waals surface area (Å²) < 4.78 is 42.2. The zero-order valence-corrected chi connectivity index (χ0v) is 12.5. The molecule has 1 aliphatic heterocycles. The Morgan fingerprint density at radius 2 is 2.14 bits per heavy atom. The summed E-state index contributed by atoms with van der Waals surface area (Å²) in [7, 11) is 1.88. The van der Waals surface area contributed by atoms with Crippen LogP contribution in [0.2, 0.25) is 0 Å². The molecule has 1 aromatic rings. The Hall–Kier alpha value is -1.15. The molecule has 120 valence electrons. The molecule has 0 amide bonds. The van der Waals surface area contributed by atoms with Crippen molar-refractivity contribution in [2.45, 2.75) is 44.9 Å². The van der Waals surface area contributed by atoms with Gasteiger partial charge in [0.2, 0.25) is 5.89 Å². The van der Waals surface area contributed by atoms with Crippen LogP contribution in [0.15, 0.2) is 4.52 Å². The van der Waals surface area contributed by atoms with Crippen LogP contribution in [0.3, 0.4) is 0 Å². The number of rotatable bonds is 5. The van der Waals surface area contributed by atoms with Gasteiger partial charge in [0, 0.05) is 25.0 Å². The molecule has 0 saturated carbocycles. The number of likely N-dealkylation sites (tertiary alicyclic amines) is 1. The smallest absolute Gasteiger partial charge is 0.339 e. The van der Waals surface area contributed by atoms with E-state index in [9.17, 15) is 13.2 Å². The van der Waals surface area contributed by atoms with Gasteiger partial charge in [-0.1, -0.05) is 19.0 Å². The fourth-order valence-corrected chi connectivity index (χ4v) is 2.49. The van der Waals surface area contributed by atoms with E-state index < -0.39 is 12.7 Å². The highest BCUT2D eigenvalue weighted by atomic mass is 19.4. The number of hydrogen-bond donors (Lipinski definition) is 0. The van der Waals surface area contributed by atoms with Crippen molar-refractivity contribution in [2.75, 3.05) is 26.7 Å². The maximum absolute atomic E-state index is 12.4. The quantitative estimate of drug-likeness (QED) is 0.835. The molecule has 5 nitrogen and oxygen atoms in total. The summed E-state index contributed by atoms with van der Waals surface area (Å²) in [5, 5.41) is 3.91. The number of nitrogens with zero attached hydrogens (tertiary/aromatic N) is 4. The van der Waals surface area contributed by atoms with E-state index in [1.807, 2.05) is 25.8 Å². The SMILES string of the molecule is CC(C)c1nc(CN(C)[C@H]2CCN(CC(F)(F)F)C2)no1. The van der Waals surface area contributed by atoms with Gasteiger partial charge in [-0.15, -0.1) is 0 Å². The number of likely N-dealkylation sites (N-methyl/N-ethyl adjacent to an activating group) is 1. The molecule has 1 fully saturated rings. The van der Waals surface area contributed by atoms with Crippen LogP contribution in [0.1, 0.15) is 37.9 Å². The number of alkyl halides is 3. The highest BCUT2D eigenvalue weighted by Crippen LogP contribution is 2.22. The Labute approximate surface area is 122 Å². The second-order valence-corrected chi connectivity index (χ2v) is 5.91. The molecule has 1 atom stereocenters. The molecule has 21 heavy (non-hydrogen) atoms. The van der Waals surface area contributed by atoms with Gasteiger partial charge in [-0.25, -0.2) is 0 Å². The van der Waals surface area contributed by atoms with Gasteiger partial charge in [-0.05, 0) is 13.5 Å². The van der Waals surface area contributed by atoms with Gasteiger partial charge in [0.1, 0.15) is 0 Å². The van der Waals surface area contributed by atoms with Crippen LogP contribution in [-0.2, 0) is 6.54 Å². The molecule has 0 aromatic carbocycles. The lowest BCUT2D eigenvalue weighted by Crippen LogP contribution is -2.37. The van der Waals surface area contributed by atoms with Crippen LogP contribution >= 0.6 is 0 Å².